The molecular formula is C25H27N3O3. The van der Waals surface area contributed by atoms with Crippen molar-refractivity contribution >= 4 is 17.5 Å². The third-order valence-electron chi connectivity index (χ3n) is 4.92. The number of carbonyl (C=O) groups is 2. The lowest BCUT2D eigenvalue weighted by atomic mass is 9.95. The van der Waals surface area contributed by atoms with Crippen LogP contribution in [0.3, 0.4) is 0 Å². The number of hydrogen-bond acceptors (Lipinski definition) is 3. The maximum absolute atomic E-state index is 13.0. The number of rotatable bonds is 5. The Hall–Kier alpha value is -3.67. The van der Waals surface area contributed by atoms with Crippen LogP contribution in [0, 0.1) is 5.41 Å². The minimum Gasteiger partial charge on any atom is -0.345 e. The summed E-state index contributed by atoms with van der Waals surface area (Å²) >= 11 is 0. The molecule has 160 valence electrons. The van der Waals surface area contributed by atoms with Gasteiger partial charge in [-0.15, -0.1) is 0 Å². The molecule has 0 radical (unpaired) electrons. The summed E-state index contributed by atoms with van der Waals surface area (Å²) in [5.74, 6) is -0.520. The first kappa shape index (κ1) is 22.0. The summed E-state index contributed by atoms with van der Waals surface area (Å²) in [5.41, 5.74) is 1.35. The van der Waals surface area contributed by atoms with Crippen LogP contribution in [0.4, 0.5) is 5.69 Å². The normalized spacial score (nSPS) is 12.1. The fourth-order valence-electron chi connectivity index (χ4n) is 2.99. The van der Waals surface area contributed by atoms with Gasteiger partial charge in [-0.1, -0.05) is 51.1 Å². The summed E-state index contributed by atoms with van der Waals surface area (Å²) in [6.07, 6.45) is 1.61. The predicted molar refractivity (Wildman–Crippen MR) is 122 cm³/mol. The van der Waals surface area contributed by atoms with E-state index in [4.69, 9.17) is 0 Å². The molecule has 3 rings (SSSR count). The van der Waals surface area contributed by atoms with Gasteiger partial charge >= 0.3 is 0 Å². The molecule has 2 aromatic carbocycles. The molecule has 0 aliphatic rings. The molecule has 2 N–H and O–H groups in total. The minimum absolute atomic E-state index is 0.0652. The number of benzene rings is 2. The van der Waals surface area contributed by atoms with E-state index >= 15 is 0 Å². The number of nitrogens with zero attached hydrogens (tertiary/aromatic N) is 1. The lowest BCUT2D eigenvalue weighted by molar-refractivity contribution is -0.123. The number of amides is 2. The zero-order valence-electron chi connectivity index (χ0n) is 18.2. The third-order valence-corrected chi connectivity index (χ3v) is 4.92. The Balaban J connectivity index is 1.80. The Bertz CT molecular complexity index is 1130. The second-order valence-corrected chi connectivity index (χ2v) is 8.45. The Morgan fingerprint density at radius 3 is 2.16 bits per heavy atom. The number of aromatic nitrogens is 1. The van der Waals surface area contributed by atoms with Crippen molar-refractivity contribution in [1.82, 2.24) is 9.88 Å². The van der Waals surface area contributed by atoms with E-state index in [0.29, 0.717) is 11.4 Å². The highest BCUT2D eigenvalue weighted by molar-refractivity contribution is 5.95. The molecule has 6 nitrogen and oxygen atoms in total. The number of anilines is 1. The highest BCUT2D eigenvalue weighted by Gasteiger charge is 2.21. The fourth-order valence-corrected chi connectivity index (χ4v) is 2.99. The second kappa shape index (κ2) is 9.00. The van der Waals surface area contributed by atoms with Crippen LogP contribution in [0.15, 0.2) is 77.7 Å². The van der Waals surface area contributed by atoms with E-state index < -0.39 is 16.9 Å². The first-order valence-corrected chi connectivity index (χ1v) is 10.2. The lowest BCUT2D eigenvalue weighted by Crippen LogP contribution is -2.33. The largest absolute Gasteiger partial charge is 0.345 e. The number of nitrogens with one attached hydrogen (secondary N) is 2. The van der Waals surface area contributed by atoms with Gasteiger partial charge in [-0.3, -0.25) is 19.0 Å². The molecule has 2 amide bonds. The van der Waals surface area contributed by atoms with Crippen molar-refractivity contribution in [2.45, 2.75) is 33.7 Å². The van der Waals surface area contributed by atoms with Crippen molar-refractivity contribution in [3.63, 3.8) is 0 Å². The van der Waals surface area contributed by atoms with Crippen LogP contribution in [-0.2, 0) is 4.79 Å². The summed E-state index contributed by atoms with van der Waals surface area (Å²) in [4.78, 5) is 37.8. The summed E-state index contributed by atoms with van der Waals surface area (Å²) in [7, 11) is 0. The highest BCUT2D eigenvalue weighted by atomic mass is 16.2. The van der Waals surface area contributed by atoms with Crippen LogP contribution in [-0.4, -0.2) is 16.4 Å². The molecule has 0 aliphatic carbocycles. The van der Waals surface area contributed by atoms with Gasteiger partial charge in [-0.25, -0.2) is 0 Å². The molecule has 31 heavy (non-hydrogen) atoms. The van der Waals surface area contributed by atoms with Crippen LogP contribution in [0.25, 0.3) is 5.69 Å². The first-order valence-electron chi connectivity index (χ1n) is 10.2. The van der Waals surface area contributed by atoms with E-state index in [-0.39, 0.29) is 17.5 Å². The minimum atomic E-state index is -0.506. The van der Waals surface area contributed by atoms with Gasteiger partial charge in [0.15, 0.2) is 0 Å². The number of carbonyl (C=O) groups excluding carboxylic acids is 2. The number of pyridine rings is 1. The Morgan fingerprint density at radius 2 is 1.55 bits per heavy atom. The standard InChI is InChI=1S/C25H27N3O3/c1-17(18-9-6-5-7-10-18)26-22(29)21-11-8-16-28(23(21)30)20-14-12-19(13-15-20)27-24(31)25(2,3)4/h5-17H,1-4H3,(H,26,29)(H,27,31)/t17-/m1/s1. The number of hydrogen-bond donors (Lipinski definition) is 2. The summed E-state index contributed by atoms with van der Waals surface area (Å²) in [6.45, 7) is 7.39. The van der Waals surface area contributed by atoms with Gasteiger partial charge in [0.2, 0.25) is 5.91 Å². The fraction of sp³-hybridized carbons (Fsp3) is 0.240. The third kappa shape index (κ3) is 5.28. The van der Waals surface area contributed by atoms with E-state index in [2.05, 4.69) is 10.6 Å². The molecule has 0 saturated carbocycles. The molecule has 0 aliphatic heterocycles. The molecule has 0 unspecified atom stereocenters. The SMILES string of the molecule is C[C@@H](NC(=O)c1cccn(-c2ccc(NC(=O)C(C)(C)C)cc2)c1=O)c1ccccc1. The molecule has 3 aromatic rings. The van der Waals surface area contributed by atoms with Crippen molar-refractivity contribution in [2.24, 2.45) is 5.41 Å². The molecule has 0 bridgehead atoms. The van der Waals surface area contributed by atoms with Gasteiger partial charge in [0.1, 0.15) is 5.56 Å². The molecule has 1 heterocycles. The van der Waals surface area contributed by atoms with Crippen LogP contribution in [0.1, 0.15) is 49.7 Å². The smallest absolute Gasteiger partial charge is 0.267 e. The van der Waals surface area contributed by atoms with Crippen molar-refractivity contribution in [2.75, 3.05) is 5.32 Å². The van der Waals surface area contributed by atoms with E-state index in [9.17, 15) is 14.4 Å². The summed E-state index contributed by atoms with van der Waals surface area (Å²) < 4.78 is 1.41. The Morgan fingerprint density at radius 1 is 0.903 bits per heavy atom. The molecule has 6 heteroatoms. The van der Waals surface area contributed by atoms with E-state index in [1.807, 2.05) is 58.0 Å². The van der Waals surface area contributed by atoms with Crippen molar-refractivity contribution in [1.29, 1.82) is 0 Å². The van der Waals surface area contributed by atoms with Crippen molar-refractivity contribution in [3.05, 3.63) is 94.4 Å². The average Bonchev–Trinajstić information content (AvgIpc) is 2.74. The molecular weight excluding hydrogens is 390 g/mol. The summed E-state index contributed by atoms with van der Waals surface area (Å²) in [6, 6.07) is 19.4. The topological polar surface area (TPSA) is 80.2 Å². The monoisotopic (exact) mass is 417 g/mol. The van der Waals surface area contributed by atoms with Gasteiger partial charge in [0, 0.05) is 23.0 Å². The average molecular weight is 418 g/mol. The first-order chi connectivity index (χ1) is 14.7. The van der Waals surface area contributed by atoms with Gasteiger partial charge in [0.05, 0.1) is 6.04 Å². The van der Waals surface area contributed by atoms with Crippen LogP contribution < -0.4 is 16.2 Å². The van der Waals surface area contributed by atoms with Crippen LogP contribution in [0.5, 0.6) is 0 Å². The van der Waals surface area contributed by atoms with E-state index in [1.165, 1.54) is 10.6 Å². The Kier molecular flexibility index (Phi) is 6.39. The molecule has 1 atom stereocenters. The van der Waals surface area contributed by atoms with Crippen molar-refractivity contribution < 1.29 is 9.59 Å². The zero-order chi connectivity index (χ0) is 22.6. The molecule has 0 saturated heterocycles. The zero-order valence-corrected chi connectivity index (χ0v) is 18.2. The molecule has 1 aromatic heterocycles. The highest BCUT2D eigenvalue weighted by Crippen LogP contribution is 2.18. The maximum Gasteiger partial charge on any atom is 0.267 e. The Labute approximate surface area is 181 Å². The quantitative estimate of drug-likeness (QED) is 0.649. The predicted octanol–water partition coefficient (Wildman–Crippen LogP) is 4.31. The second-order valence-electron chi connectivity index (χ2n) is 8.45. The van der Waals surface area contributed by atoms with E-state index in [0.717, 1.165) is 5.56 Å². The van der Waals surface area contributed by atoms with E-state index in [1.54, 1.807) is 36.5 Å². The maximum atomic E-state index is 13.0. The lowest BCUT2D eigenvalue weighted by Gasteiger charge is -2.18. The van der Waals surface area contributed by atoms with Gasteiger partial charge in [-0.05, 0) is 48.9 Å². The van der Waals surface area contributed by atoms with Gasteiger partial charge in [0.25, 0.3) is 11.5 Å². The van der Waals surface area contributed by atoms with Crippen LogP contribution in [0.2, 0.25) is 0 Å². The summed E-state index contributed by atoms with van der Waals surface area (Å²) in [5, 5.41) is 5.73. The van der Waals surface area contributed by atoms with Gasteiger partial charge in [-0.2, -0.15) is 0 Å². The van der Waals surface area contributed by atoms with Crippen molar-refractivity contribution in [3.8, 4) is 5.69 Å². The molecule has 0 fully saturated rings. The van der Waals surface area contributed by atoms with Crippen LogP contribution >= 0.6 is 0 Å². The molecule has 0 spiro atoms. The van der Waals surface area contributed by atoms with Gasteiger partial charge < -0.3 is 10.6 Å².